The first-order chi connectivity index (χ1) is 14.8. The van der Waals surface area contributed by atoms with Gasteiger partial charge in [-0.25, -0.2) is 4.79 Å². The van der Waals surface area contributed by atoms with Crippen LogP contribution < -0.4 is 10.3 Å². The van der Waals surface area contributed by atoms with Crippen LogP contribution in [0.25, 0.3) is 16.6 Å². The standard InChI is InChI=1S/C20H16F6N2O4/c1-3-11-8-13-14(16(32-9-19(21,22)23)15(18(30)31)27(13)2)17(29)28(11)12-6-4-10(5-7-12)20(24,25)26/h4-8H,3,9H2,1-2H3,(H,30,31). The number of benzene rings is 1. The van der Waals surface area contributed by atoms with E-state index in [9.17, 15) is 41.0 Å². The summed E-state index contributed by atoms with van der Waals surface area (Å²) < 4.78 is 83.6. The van der Waals surface area contributed by atoms with Crippen LogP contribution in [0, 0.1) is 0 Å². The lowest BCUT2D eigenvalue weighted by atomic mass is 10.1. The number of halogens is 6. The molecule has 32 heavy (non-hydrogen) atoms. The van der Waals surface area contributed by atoms with Gasteiger partial charge in [-0.2, -0.15) is 26.3 Å². The Labute approximate surface area is 176 Å². The van der Waals surface area contributed by atoms with E-state index in [1.54, 1.807) is 6.92 Å². The Hall–Kier alpha value is -3.44. The molecule has 172 valence electrons. The molecule has 2 aromatic heterocycles. The van der Waals surface area contributed by atoms with Crippen molar-refractivity contribution in [3.05, 3.63) is 57.6 Å². The lowest BCUT2D eigenvalue weighted by Gasteiger charge is -2.14. The summed E-state index contributed by atoms with van der Waals surface area (Å²) in [6.07, 6.45) is -9.18. The first-order valence-corrected chi connectivity index (χ1v) is 9.14. The largest absolute Gasteiger partial charge is 0.481 e. The Balaban J connectivity index is 2.32. The van der Waals surface area contributed by atoms with Crippen molar-refractivity contribution < 1.29 is 41.0 Å². The number of aryl methyl sites for hydroxylation is 2. The molecule has 1 aromatic carbocycles. The van der Waals surface area contributed by atoms with Crippen LogP contribution in [0.3, 0.4) is 0 Å². The van der Waals surface area contributed by atoms with Gasteiger partial charge in [0.05, 0.1) is 11.1 Å². The Kier molecular flexibility index (Phi) is 5.75. The average Bonchev–Trinajstić information content (AvgIpc) is 2.97. The highest BCUT2D eigenvalue weighted by Gasteiger charge is 2.33. The van der Waals surface area contributed by atoms with Crippen LogP contribution >= 0.6 is 0 Å². The van der Waals surface area contributed by atoms with Crippen LogP contribution in [-0.4, -0.2) is 33.0 Å². The van der Waals surface area contributed by atoms with E-state index in [-0.39, 0.29) is 17.6 Å². The molecule has 0 bridgehead atoms. The van der Waals surface area contributed by atoms with E-state index in [1.165, 1.54) is 13.1 Å². The fourth-order valence-electron chi connectivity index (χ4n) is 3.39. The van der Waals surface area contributed by atoms with E-state index < -0.39 is 52.9 Å². The van der Waals surface area contributed by atoms with E-state index in [2.05, 4.69) is 0 Å². The molecule has 0 aliphatic heterocycles. The van der Waals surface area contributed by atoms with E-state index in [1.807, 2.05) is 0 Å². The molecule has 0 spiro atoms. The van der Waals surface area contributed by atoms with Crippen molar-refractivity contribution in [3.63, 3.8) is 0 Å². The molecule has 3 aromatic rings. The van der Waals surface area contributed by atoms with E-state index in [0.29, 0.717) is 5.69 Å². The van der Waals surface area contributed by atoms with Crippen LogP contribution in [0.4, 0.5) is 26.3 Å². The summed E-state index contributed by atoms with van der Waals surface area (Å²) in [5.41, 5.74) is -2.17. The molecule has 0 fully saturated rings. The molecule has 0 amide bonds. The number of nitrogens with zero attached hydrogens (tertiary/aromatic N) is 2. The second-order valence-electron chi connectivity index (χ2n) is 6.88. The van der Waals surface area contributed by atoms with Crippen molar-refractivity contribution in [2.24, 2.45) is 7.05 Å². The van der Waals surface area contributed by atoms with Crippen molar-refractivity contribution in [2.75, 3.05) is 6.61 Å². The van der Waals surface area contributed by atoms with Gasteiger partial charge in [0.1, 0.15) is 5.39 Å². The first kappa shape index (κ1) is 23.2. The Morgan fingerprint density at radius 2 is 1.69 bits per heavy atom. The maximum atomic E-state index is 13.3. The highest BCUT2D eigenvalue weighted by molar-refractivity contribution is 6.00. The summed E-state index contributed by atoms with van der Waals surface area (Å²) in [4.78, 5) is 25.0. The van der Waals surface area contributed by atoms with Gasteiger partial charge in [0.15, 0.2) is 18.1 Å². The van der Waals surface area contributed by atoms with Gasteiger partial charge in [-0.05, 0) is 36.8 Å². The molecule has 6 nitrogen and oxygen atoms in total. The van der Waals surface area contributed by atoms with Gasteiger partial charge in [0.25, 0.3) is 5.56 Å². The van der Waals surface area contributed by atoms with Crippen molar-refractivity contribution in [1.29, 1.82) is 0 Å². The minimum atomic E-state index is -4.80. The Morgan fingerprint density at radius 3 is 2.16 bits per heavy atom. The maximum Gasteiger partial charge on any atom is 0.422 e. The Bertz CT molecular complexity index is 1240. The number of carbonyl (C=O) groups is 1. The number of ether oxygens (including phenoxy) is 1. The highest BCUT2D eigenvalue weighted by Crippen LogP contribution is 2.34. The summed E-state index contributed by atoms with van der Waals surface area (Å²) >= 11 is 0. The lowest BCUT2D eigenvalue weighted by molar-refractivity contribution is -0.153. The quantitative estimate of drug-likeness (QED) is 0.565. The van der Waals surface area contributed by atoms with Gasteiger partial charge in [-0.3, -0.25) is 9.36 Å². The molecule has 0 unspecified atom stereocenters. The molecule has 1 N–H and O–H groups in total. The van der Waals surface area contributed by atoms with E-state index in [4.69, 9.17) is 4.74 Å². The predicted molar refractivity (Wildman–Crippen MR) is 101 cm³/mol. The van der Waals surface area contributed by atoms with Gasteiger partial charge in [-0.1, -0.05) is 6.92 Å². The number of fused-ring (bicyclic) bond motifs is 1. The number of hydrogen-bond acceptors (Lipinski definition) is 3. The average molecular weight is 462 g/mol. The fourth-order valence-corrected chi connectivity index (χ4v) is 3.39. The predicted octanol–water partition coefficient (Wildman–Crippen LogP) is 4.55. The molecule has 0 radical (unpaired) electrons. The van der Waals surface area contributed by atoms with Crippen LogP contribution in [0.15, 0.2) is 35.1 Å². The van der Waals surface area contributed by atoms with Crippen LogP contribution in [0.5, 0.6) is 5.75 Å². The minimum absolute atomic E-state index is 0.0181. The maximum absolute atomic E-state index is 13.3. The number of carboxylic acids is 1. The summed E-state index contributed by atoms with van der Waals surface area (Å²) in [5.74, 6) is -2.37. The molecule has 0 aliphatic carbocycles. The summed E-state index contributed by atoms with van der Waals surface area (Å²) in [7, 11) is 1.26. The van der Waals surface area contributed by atoms with Crippen LogP contribution in [0.2, 0.25) is 0 Å². The number of hydrogen-bond donors (Lipinski definition) is 1. The number of alkyl halides is 6. The molecule has 0 saturated carbocycles. The second kappa shape index (κ2) is 7.92. The number of pyridine rings is 1. The zero-order chi connectivity index (χ0) is 24.0. The van der Waals surface area contributed by atoms with E-state index in [0.717, 1.165) is 33.4 Å². The fraction of sp³-hybridized carbons (Fsp3) is 0.300. The van der Waals surface area contributed by atoms with Gasteiger partial charge in [0.2, 0.25) is 0 Å². The molecular weight excluding hydrogens is 446 g/mol. The first-order valence-electron chi connectivity index (χ1n) is 9.14. The van der Waals surface area contributed by atoms with Crippen molar-refractivity contribution in [3.8, 4) is 11.4 Å². The third-order valence-electron chi connectivity index (χ3n) is 4.80. The zero-order valence-electron chi connectivity index (χ0n) is 16.6. The Morgan fingerprint density at radius 1 is 1.09 bits per heavy atom. The van der Waals surface area contributed by atoms with Crippen LogP contribution in [0.1, 0.15) is 28.7 Å². The van der Waals surface area contributed by atoms with Gasteiger partial charge in [-0.15, -0.1) is 0 Å². The van der Waals surface area contributed by atoms with Crippen LogP contribution in [-0.2, 0) is 19.6 Å². The molecule has 3 rings (SSSR count). The van der Waals surface area contributed by atoms with Gasteiger partial charge < -0.3 is 14.4 Å². The van der Waals surface area contributed by atoms with Crippen molar-refractivity contribution >= 4 is 16.9 Å². The summed E-state index contributed by atoms with van der Waals surface area (Å²) in [6, 6.07) is 5.01. The highest BCUT2D eigenvalue weighted by atomic mass is 19.4. The molecular formula is C20H16F6N2O4. The molecule has 2 heterocycles. The monoisotopic (exact) mass is 462 g/mol. The topological polar surface area (TPSA) is 73.5 Å². The smallest absolute Gasteiger partial charge is 0.422 e. The normalized spacial score (nSPS) is 12.4. The number of aromatic carboxylic acids is 1. The number of rotatable bonds is 5. The molecule has 0 aliphatic rings. The summed E-state index contributed by atoms with van der Waals surface area (Å²) in [6.45, 7) is -0.176. The minimum Gasteiger partial charge on any atom is -0.481 e. The SMILES string of the molecule is CCc1cc2c(c(OCC(F)(F)F)c(C(=O)O)n2C)c(=O)n1-c1ccc(C(F)(F)F)cc1. The summed E-state index contributed by atoms with van der Waals surface area (Å²) in [5, 5.41) is 9.07. The third-order valence-corrected chi connectivity index (χ3v) is 4.80. The number of carboxylic acid groups (broad SMARTS) is 1. The van der Waals surface area contributed by atoms with Gasteiger partial charge in [0, 0.05) is 18.4 Å². The third kappa shape index (κ3) is 4.16. The van der Waals surface area contributed by atoms with E-state index >= 15 is 0 Å². The number of aromatic nitrogens is 2. The van der Waals surface area contributed by atoms with Crippen molar-refractivity contribution in [1.82, 2.24) is 9.13 Å². The van der Waals surface area contributed by atoms with Crippen molar-refractivity contribution in [2.45, 2.75) is 25.7 Å². The second-order valence-corrected chi connectivity index (χ2v) is 6.88. The molecule has 0 saturated heterocycles. The van der Waals surface area contributed by atoms with Gasteiger partial charge >= 0.3 is 18.3 Å². The molecule has 12 heteroatoms. The molecule has 0 atom stereocenters. The lowest BCUT2D eigenvalue weighted by Crippen LogP contribution is -2.24. The zero-order valence-corrected chi connectivity index (χ0v) is 16.6.